The number of rotatable bonds is 3. The molecule has 0 aromatic heterocycles. The van der Waals surface area contributed by atoms with Crippen molar-refractivity contribution in [1.29, 1.82) is 0 Å². The Morgan fingerprint density at radius 1 is 0.880 bits per heavy atom. The first kappa shape index (κ1) is 15.5. The average molecular weight is 329 g/mol. The third kappa shape index (κ3) is 3.13. The summed E-state index contributed by atoms with van der Waals surface area (Å²) in [4.78, 5) is 13.0. The molecule has 1 amide bonds. The topological polar surface area (TPSA) is 38.3 Å². The van der Waals surface area contributed by atoms with Crippen LogP contribution in [0.5, 0.6) is 5.75 Å². The first-order valence-electron chi connectivity index (χ1n) is 8.50. The zero-order valence-electron chi connectivity index (χ0n) is 13.8. The van der Waals surface area contributed by atoms with E-state index >= 15 is 0 Å². The van der Waals surface area contributed by atoms with E-state index in [4.69, 9.17) is 4.74 Å². The van der Waals surface area contributed by atoms with E-state index in [1.54, 1.807) is 0 Å². The minimum atomic E-state index is -0.0545. The molecule has 1 N–H and O–H groups in total. The quantitative estimate of drug-likeness (QED) is 0.762. The van der Waals surface area contributed by atoms with Crippen LogP contribution < -0.4 is 10.1 Å². The predicted molar refractivity (Wildman–Crippen MR) is 98.6 cm³/mol. The number of carbonyl (C=O) groups is 1. The largest absolute Gasteiger partial charge is 0.493 e. The van der Waals surface area contributed by atoms with E-state index in [1.165, 1.54) is 0 Å². The van der Waals surface area contributed by atoms with Crippen LogP contribution in [0.4, 0.5) is 0 Å². The van der Waals surface area contributed by atoms with Crippen LogP contribution >= 0.6 is 0 Å². The van der Waals surface area contributed by atoms with Gasteiger partial charge in [0, 0.05) is 17.5 Å². The Bertz CT molecular complexity index is 889. The number of amides is 1. The van der Waals surface area contributed by atoms with E-state index in [9.17, 15) is 4.79 Å². The number of carbonyl (C=O) groups excluding carboxylic acids is 1. The minimum absolute atomic E-state index is 0.0266. The molecule has 0 fully saturated rings. The second-order valence-corrected chi connectivity index (χ2v) is 6.11. The maximum atomic E-state index is 13.0. The number of fused-ring (bicyclic) bond motifs is 1. The van der Waals surface area contributed by atoms with E-state index in [0.717, 1.165) is 28.9 Å². The molecule has 0 saturated carbocycles. The molecule has 1 aliphatic rings. The fraction of sp³-hybridized carbons (Fsp3) is 0.136. The summed E-state index contributed by atoms with van der Waals surface area (Å²) in [5, 5.41) is 3.18. The highest BCUT2D eigenvalue weighted by atomic mass is 16.5. The van der Waals surface area contributed by atoms with E-state index < -0.39 is 0 Å². The molecule has 3 aromatic rings. The molecule has 0 radical (unpaired) electrons. The second-order valence-electron chi connectivity index (χ2n) is 6.11. The van der Waals surface area contributed by atoms with Gasteiger partial charge in [0.2, 0.25) is 0 Å². The summed E-state index contributed by atoms with van der Waals surface area (Å²) >= 11 is 0. The lowest BCUT2D eigenvalue weighted by Crippen LogP contribution is -2.32. The number of benzene rings is 3. The van der Waals surface area contributed by atoms with Crippen molar-refractivity contribution in [2.45, 2.75) is 12.5 Å². The van der Waals surface area contributed by atoms with Crippen molar-refractivity contribution in [2.75, 3.05) is 6.61 Å². The van der Waals surface area contributed by atoms with Gasteiger partial charge in [-0.05, 0) is 23.3 Å². The van der Waals surface area contributed by atoms with Gasteiger partial charge in [-0.1, -0.05) is 66.7 Å². The SMILES string of the molecule is O=C(N[C@H]1CCOc2ccccc21)c1ccccc1-c1ccccc1. The Balaban J connectivity index is 1.63. The van der Waals surface area contributed by atoms with Gasteiger partial charge in [-0.25, -0.2) is 0 Å². The lowest BCUT2D eigenvalue weighted by molar-refractivity contribution is 0.0925. The maximum Gasteiger partial charge on any atom is 0.252 e. The Morgan fingerprint density at radius 2 is 1.60 bits per heavy atom. The molecular weight excluding hydrogens is 310 g/mol. The van der Waals surface area contributed by atoms with Gasteiger partial charge in [-0.3, -0.25) is 4.79 Å². The number of nitrogens with one attached hydrogen (secondary N) is 1. The highest BCUT2D eigenvalue weighted by molar-refractivity contribution is 6.01. The van der Waals surface area contributed by atoms with Crippen molar-refractivity contribution < 1.29 is 9.53 Å². The van der Waals surface area contributed by atoms with Gasteiger partial charge >= 0.3 is 0 Å². The Kier molecular flexibility index (Phi) is 4.21. The fourth-order valence-corrected chi connectivity index (χ4v) is 3.28. The highest BCUT2D eigenvalue weighted by Crippen LogP contribution is 2.32. The first-order chi connectivity index (χ1) is 12.3. The molecule has 0 spiro atoms. The fourth-order valence-electron chi connectivity index (χ4n) is 3.28. The smallest absolute Gasteiger partial charge is 0.252 e. The lowest BCUT2D eigenvalue weighted by Gasteiger charge is -2.27. The molecule has 0 saturated heterocycles. The summed E-state index contributed by atoms with van der Waals surface area (Å²) in [6.07, 6.45) is 0.774. The summed E-state index contributed by atoms with van der Waals surface area (Å²) in [6, 6.07) is 25.6. The Morgan fingerprint density at radius 3 is 2.48 bits per heavy atom. The van der Waals surface area contributed by atoms with Gasteiger partial charge < -0.3 is 10.1 Å². The van der Waals surface area contributed by atoms with Gasteiger partial charge in [-0.15, -0.1) is 0 Å². The molecule has 1 heterocycles. The summed E-state index contributed by atoms with van der Waals surface area (Å²) in [6.45, 7) is 0.613. The summed E-state index contributed by atoms with van der Waals surface area (Å²) in [5.41, 5.74) is 3.72. The average Bonchev–Trinajstić information content (AvgIpc) is 2.69. The number of hydrogen-bond donors (Lipinski definition) is 1. The van der Waals surface area contributed by atoms with Crippen molar-refractivity contribution in [3.63, 3.8) is 0 Å². The second kappa shape index (κ2) is 6.81. The minimum Gasteiger partial charge on any atom is -0.493 e. The molecule has 1 atom stereocenters. The Labute approximate surface area is 147 Å². The summed E-state index contributed by atoms with van der Waals surface area (Å²) < 4.78 is 5.68. The van der Waals surface area contributed by atoms with Crippen LogP contribution in [-0.2, 0) is 0 Å². The van der Waals surface area contributed by atoms with Gasteiger partial charge in [-0.2, -0.15) is 0 Å². The zero-order valence-corrected chi connectivity index (χ0v) is 13.8. The lowest BCUT2D eigenvalue weighted by atomic mass is 9.97. The third-order valence-corrected chi connectivity index (χ3v) is 4.52. The number of para-hydroxylation sites is 1. The number of hydrogen-bond acceptors (Lipinski definition) is 2. The van der Waals surface area contributed by atoms with Gasteiger partial charge in [0.25, 0.3) is 5.91 Å². The summed E-state index contributed by atoms with van der Waals surface area (Å²) in [7, 11) is 0. The summed E-state index contributed by atoms with van der Waals surface area (Å²) in [5.74, 6) is 0.802. The van der Waals surface area contributed by atoms with E-state index in [1.807, 2.05) is 78.9 Å². The van der Waals surface area contributed by atoms with Crippen LogP contribution in [-0.4, -0.2) is 12.5 Å². The van der Waals surface area contributed by atoms with Crippen molar-refractivity contribution in [1.82, 2.24) is 5.32 Å². The molecule has 3 nitrogen and oxygen atoms in total. The molecule has 0 unspecified atom stereocenters. The molecule has 3 heteroatoms. The molecule has 0 bridgehead atoms. The third-order valence-electron chi connectivity index (χ3n) is 4.52. The van der Waals surface area contributed by atoms with Crippen molar-refractivity contribution in [3.8, 4) is 16.9 Å². The van der Waals surface area contributed by atoms with Crippen LogP contribution in [0.2, 0.25) is 0 Å². The predicted octanol–water partition coefficient (Wildman–Crippen LogP) is 4.61. The Hall–Kier alpha value is -3.07. The normalized spacial score (nSPS) is 15.8. The molecular formula is C22H19NO2. The number of ether oxygens (including phenoxy) is 1. The molecule has 0 aliphatic carbocycles. The molecule has 1 aliphatic heterocycles. The van der Waals surface area contributed by atoms with Crippen molar-refractivity contribution >= 4 is 5.91 Å². The van der Waals surface area contributed by atoms with Gasteiger partial charge in [0.05, 0.1) is 12.6 Å². The van der Waals surface area contributed by atoms with Crippen LogP contribution in [0.15, 0.2) is 78.9 Å². The van der Waals surface area contributed by atoms with Crippen LogP contribution in [0.25, 0.3) is 11.1 Å². The monoisotopic (exact) mass is 329 g/mol. The van der Waals surface area contributed by atoms with Gasteiger partial charge in [0.15, 0.2) is 0 Å². The molecule has 4 rings (SSSR count). The van der Waals surface area contributed by atoms with E-state index in [-0.39, 0.29) is 11.9 Å². The van der Waals surface area contributed by atoms with Crippen LogP contribution in [0.1, 0.15) is 28.4 Å². The molecule has 25 heavy (non-hydrogen) atoms. The molecule has 3 aromatic carbocycles. The van der Waals surface area contributed by atoms with Crippen molar-refractivity contribution in [3.05, 3.63) is 90.0 Å². The van der Waals surface area contributed by atoms with E-state index in [0.29, 0.717) is 12.2 Å². The van der Waals surface area contributed by atoms with Crippen molar-refractivity contribution in [2.24, 2.45) is 0 Å². The highest BCUT2D eigenvalue weighted by Gasteiger charge is 2.24. The standard InChI is InChI=1S/C22H19NO2/c24-22(23-20-14-15-25-21-13-7-6-12-19(20)21)18-11-5-4-10-17(18)16-8-2-1-3-9-16/h1-13,20H,14-15H2,(H,23,24)/t20-/m0/s1. The van der Waals surface area contributed by atoms with E-state index in [2.05, 4.69) is 5.32 Å². The molecule has 124 valence electrons. The zero-order chi connectivity index (χ0) is 17.1. The first-order valence-corrected chi connectivity index (χ1v) is 8.50. The van der Waals surface area contributed by atoms with Crippen LogP contribution in [0, 0.1) is 0 Å². The van der Waals surface area contributed by atoms with Gasteiger partial charge in [0.1, 0.15) is 5.75 Å². The maximum absolute atomic E-state index is 13.0. The van der Waals surface area contributed by atoms with Crippen LogP contribution in [0.3, 0.4) is 0 Å².